The Morgan fingerprint density at radius 1 is 1.42 bits per heavy atom. The fourth-order valence-corrected chi connectivity index (χ4v) is 2.44. The first-order chi connectivity index (χ1) is 5.77. The molecule has 0 N–H and O–H groups in total. The van der Waals surface area contributed by atoms with Crippen LogP contribution in [0, 0.1) is 3.70 Å². The van der Waals surface area contributed by atoms with Gasteiger partial charge in [0, 0.05) is 11.6 Å². The van der Waals surface area contributed by atoms with Gasteiger partial charge in [0.25, 0.3) is 0 Å². The van der Waals surface area contributed by atoms with Gasteiger partial charge in [-0.1, -0.05) is 6.07 Å². The van der Waals surface area contributed by atoms with E-state index in [1.807, 2.05) is 18.2 Å². The van der Waals surface area contributed by atoms with Crippen molar-refractivity contribution in [2.75, 3.05) is 0 Å². The summed E-state index contributed by atoms with van der Waals surface area (Å²) in [7, 11) is 0. The van der Waals surface area contributed by atoms with Gasteiger partial charge in [-0.3, -0.25) is 4.98 Å². The highest BCUT2D eigenvalue weighted by Crippen LogP contribution is 2.20. The third kappa shape index (κ3) is 1.45. The number of fused-ring (bicyclic) bond motifs is 1. The van der Waals surface area contributed by atoms with Crippen LogP contribution in [-0.2, 0) is 0 Å². The second-order valence-electron chi connectivity index (χ2n) is 2.31. The maximum atomic E-state index is 4.24. The van der Waals surface area contributed by atoms with Gasteiger partial charge in [0.1, 0.15) is 13.8 Å². The fourth-order valence-electron chi connectivity index (χ4n) is 1.01. The third-order valence-electron chi connectivity index (χ3n) is 1.51. The Balaban J connectivity index is 2.89. The van der Waals surface area contributed by atoms with Crippen LogP contribution in [0.3, 0.4) is 0 Å². The summed E-state index contributed by atoms with van der Waals surface area (Å²) in [6.07, 6.45) is 1.77. The Labute approximate surface area is 91.7 Å². The molecule has 0 fully saturated rings. The van der Waals surface area contributed by atoms with Gasteiger partial charge in [-0.25, -0.2) is 4.98 Å². The molecular formula is C8H4BrIN2. The van der Waals surface area contributed by atoms with E-state index < -0.39 is 0 Å². The van der Waals surface area contributed by atoms with Crippen molar-refractivity contribution >= 4 is 49.4 Å². The van der Waals surface area contributed by atoms with Crippen LogP contribution in [0.5, 0.6) is 0 Å². The maximum Gasteiger partial charge on any atom is 0.133 e. The number of hydrogen-bond donors (Lipinski definition) is 0. The lowest BCUT2D eigenvalue weighted by molar-refractivity contribution is 1.23. The molecule has 2 aromatic rings. The van der Waals surface area contributed by atoms with Crippen molar-refractivity contribution in [3.8, 4) is 0 Å². The van der Waals surface area contributed by atoms with E-state index in [2.05, 4.69) is 48.5 Å². The van der Waals surface area contributed by atoms with Crippen LogP contribution in [0.15, 0.2) is 29.0 Å². The number of halogens is 2. The first kappa shape index (κ1) is 8.37. The highest BCUT2D eigenvalue weighted by atomic mass is 127. The first-order valence-electron chi connectivity index (χ1n) is 3.34. The second kappa shape index (κ2) is 3.26. The zero-order valence-corrected chi connectivity index (χ0v) is 9.70. The van der Waals surface area contributed by atoms with E-state index >= 15 is 0 Å². The maximum absolute atomic E-state index is 4.24. The Bertz CT molecular complexity index is 430. The molecule has 0 aliphatic carbocycles. The van der Waals surface area contributed by atoms with Crippen molar-refractivity contribution in [1.82, 2.24) is 9.97 Å². The van der Waals surface area contributed by atoms with Crippen molar-refractivity contribution in [2.45, 2.75) is 0 Å². The molecule has 12 heavy (non-hydrogen) atoms. The second-order valence-corrected chi connectivity index (χ2v) is 4.17. The average molecular weight is 335 g/mol. The van der Waals surface area contributed by atoms with Gasteiger partial charge in [-0.05, 0) is 50.7 Å². The minimum Gasteiger partial charge on any atom is -0.253 e. The Kier molecular flexibility index (Phi) is 2.27. The minimum atomic E-state index is 0.810. The lowest BCUT2D eigenvalue weighted by Crippen LogP contribution is -1.86. The van der Waals surface area contributed by atoms with E-state index in [4.69, 9.17) is 0 Å². The topological polar surface area (TPSA) is 25.8 Å². The van der Waals surface area contributed by atoms with E-state index in [0.29, 0.717) is 0 Å². The molecule has 0 bridgehead atoms. The van der Waals surface area contributed by atoms with E-state index in [9.17, 15) is 0 Å². The molecule has 0 saturated heterocycles. The molecule has 0 aliphatic rings. The number of hydrogen-bond acceptors (Lipinski definition) is 2. The molecule has 0 aromatic carbocycles. The first-order valence-corrected chi connectivity index (χ1v) is 5.21. The molecule has 60 valence electrons. The molecule has 0 aliphatic heterocycles. The highest BCUT2D eigenvalue weighted by molar-refractivity contribution is 14.1. The normalized spacial score (nSPS) is 10.5. The van der Waals surface area contributed by atoms with Gasteiger partial charge in [-0.15, -0.1) is 0 Å². The molecule has 4 heteroatoms. The van der Waals surface area contributed by atoms with Crippen LogP contribution in [0.25, 0.3) is 10.9 Å². The van der Waals surface area contributed by atoms with Gasteiger partial charge < -0.3 is 0 Å². The standard InChI is InChI=1S/C8H4BrIN2/c9-8-7-5(2-1-3-11-7)4-6(10)12-8/h1-4H. The van der Waals surface area contributed by atoms with Gasteiger partial charge in [0.2, 0.25) is 0 Å². The van der Waals surface area contributed by atoms with Crippen LogP contribution < -0.4 is 0 Å². The Hall–Kier alpha value is -0.230. The summed E-state index contributed by atoms with van der Waals surface area (Å²) in [4.78, 5) is 8.45. The molecule has 0 radical (unpaired) electrons. The van der Waals surface area contributed by atoms with Gasteiger partial charge >= 0.3 is 0 Å². The Morgan fingerprint density at radius 3 is 3.08 bits per heavy atom. The van der Waals surface area contributed by atoms with Crippen molar-refractivity contribution < 1.29 is 0 Å². The van der Waals surface area contributed by atoms with Gasteiger partial charge in [0.15, 0.2) is 0 Å². The molecule has 2 heterocycles. The molecule has 0 spiro atoms. The smallest absolute Gasteiger partial charge is 0.133 e. The largest absolute Gasteiger partial charge is 0.253 e. The van der Waals surface area contributed by atoms with Crippen molar-refractivity contribution in [3.63, 3.8) is 0 Å². The molecule has 0 atom stereocenters. The van der Waals surface area contributed by atoms with Crippen LogP contribution in [0.2, 0.25) is 0 Å². The summed E-state index contributed by atoms with van der Waals surface area (Å²) in [5, 5.41) is 1.11. The summed E-state index contributed by atoms with van der Waals surface area (Å²) in [6, 6.07) is 5.95. The van der Waals surface area contributed by atoms with Crippen LogP contribution in [-0.4, -0.2) is 9.97 Å². The number of aromatic nitrogens is 2. The van der Waals surface area contributed by atoms with Crippen molar-refractivity contribution in [1.29, 1.82) is 0 Å². The van der Waals surface area contributed by atoms with E-state index in [-0.39, 0.29) is 0 Å². The SMILES string of the molecule is Brc1nc(I)cc2cccnc12. The van der Waals surface area contributed by atoms with E-state index in [1.165, 1.54) is 0 Å². The number of nitrogens with zero attached hydrogens (tertiary/aromatic N) is 2. The average Bonchev–Trinajstić information content (AvgIpc) is 2.04. The monoisotopic (exact) mass is 334 g/mol. The zero-order chi connectivity index (χ0) is 8.55. The lowest BCUT2D eigenvalue weighted by atomic mass is 10.3. The van der Waals surface area contributed by atoms with Gasteiger partial charge in [-0.2, -0.15) is 0 Å². The minimum absolute atomic E-state index is 0.810. The number of rotatable bonds is 0. The zero-order valence-electron chi connectivity index (χ0n) is 5.96. The predicted octanol–water partition coefficient (Wildman–Crippen LogP) is 3.00. The molecule has 2 rings (SSSR count). The van der Waals surface area contributed by atoms with E-state index in [0.717, 1.165) is 19.2 Å². The molecule has 0 amide bonds. The van der Waals surface area contributed by atoms with Crippen molar-refractivity contribution in [2.24, 2.45) is 0 Å². The Morgan fingerprint density at radius 2 is 2.25 bits per heavy atom. The molecule has 2 aromatic heterocycles. The summed E-state index contributed by atoms with van der Waals surface area (Å²) >= 11 is 5.55. The summed E-state index contributed by atoms with van der Waals surface area (Å²) in [6.45, 7) is 0. The quantitative estimate of drug-likeness (QED) is 0.547. The predicted molar refractivity (Wildman–Crippen MR) is 60.0 cm³/mol. The molecular weight excluding hydrogens is 331 g/mol. The van der Waals surface area contributed by atoms with E-state index in [1.54, 1.807) is 6.20 Å². The summed E-state index contributed by atoms with van der Waals surface area (Å²) < 4.78 is 1.78. The van der Waals surface area contributed by atoms with Crippen LogP contribution in [0.1, 0.15) is 0 Å². The van der Waals surface area contributed by atoms with Gasteiger partial charge in [0.05, 0.1) is 0 Å². The number of pyridine rings is 2. The van der Waals surface area contributed by atoms with Crippen LogP contribution >= 0.6 is 38.5 Å². The molecule has 0 unspecified atom stereocenters. The third-order valence-corrected chi connectivity index (χ3v) is 2.62. The molecule has 0 saturated carbocycles. The fraction of sp³-hybridized carbons (Fsp3) is 0. The highest BCUT2D eigenvalue weighted by Gasteiger charge is 2.01. The molecule has 2 nitrogen and oxygen atoms in total. The summed E-state index contributed by atoms with van der Waals surface area (Å²) in [5.74, 6) is 0. The lowest BCUT2D eigenvalue weighted by Gasteiger charge is -1.98. The van der Waals surface area contributed by atoms with Crippen molar-refractivity contribution in [3.05, 3.63) is 32.7 Å². The summed E-state index contributed by atoms with van der Waals surface area (Å²) in [5.41, 5.74) is 0.915. The van der Waals surface area contributed by atoms with Crippen LogP contribution in [0.4, 0.5) is 0 Å².